The SMILES string of the molecule is C/C=C(\NC(=O)C(NC(=O)/C=C/c1ccccc1)=C(C)C)C(=O)OC. The number of hydrogen-bond donors (Lipinski definition) is 2. The Bertz CT molecular complexity index is 727. The molecule has 0 radical (unpaired) electrons. The van der Waals surface area contributed by atoms with Crippen molar-refractivity contribution < 1.29 is 19.1 Å². The summed E-state index contributed by atoms with van der Waals surface area (Å²) in [6.45, 7) is 4.96. The van der Waals surface area contributed by atoms with E-state index in [1.54, 1.807) is 26.8 Å². The van der Waals surface area contributed by atoms with Crippen LogP contribution in [0.1, 0.15) is 26.3 Å². The van der Waals surface area contributed by atoms with Crippen LogP contribution < -0.4 is 10.6 Å². The number of amides is 2. The van der Waals surface area contributed by atoms with E-state index >= 15 is 0 Å². The van der Waals surface area contributed by atoms with E-state index in [1.165, 1.54) is 19.3 Å². The lowest BCUT2D eigenvalue weighted by Gasteiger charge is -2.12. The lowest BCUT2D eigenvalue weighted by atomic mass is 10.2. The maximum Gasteiger partial charge on any atom is 0.354 e. The van der Waals surface area contributed by atoms with Gasteiger partial charge < -0.3 is 15.4 Å². The summed E-state index contributed by atoms with van der Waals surface area (Å²) < 4.78 is 4.58. The molecular weight excluding hydrogens is 320 g/mol. The van der Waals surface area contributed by atoms with Crippen molar-refractivity contribution in [3.05, 3.63) is 65.0 Å². The van der Waals surface area contributed by atoms with Crippen molar-refractivity contribution in [2.24, 2.45) is 0 Å². The average molecular weight is 342 g/mol. The number of benzene rings is 1. The molecule has 0 aliphatic heterocycles. The maximum atomic E-state index is 12.3. The molecule has 0 aliphatic carbocycles. The fourth-order valence-electron chi connectivity index (χ4n) is 1.85. The molecule has 132 valence electrons. The number of nitrogens with one attached hydrogen (secondary N) is 2. The Kier molecular flexibility index (Phi) is 7.86. The highest BCUT2D eigenvalue weighted by Gasteiger charge is 2.18. The molecule has 25 heavy (non-hydrogen) atoms. The Labute approximate surface area is 147 Å². The van der Waals surface area contributed by atoms with E-state index in [0.29, 0.717) is 5.57 Å². The van der Waals surface area contributed by atoms with Gasteiger partial charge in [0.1, 0.15) is 11.4 Å². The van der Waals surface area contributed by atoms with Crippen LogP contribution in [-0.4, -0.2) is 24.9 Å². The number of rotatable bonds is 6. The fourth-order valence-corrected chi connectivity index (χ4v) is 1.85. The minimum Gasteiger partial charge on any atom is -0.464 e. The summed E-state index contributed by atoms with van der Waals surface area (Å²) in [7, 11) is 1.22. The normalized spacial score (nSPS) is 11.0. The molecule has 0 heterocycles. The van der Waals surface area contributed by atoms with E-state index < -0.39 is 17.8 Å². The first-order chi connectivity index (χ1) is 11.9. The summed E-state index contributed by atoms with van der Waals surface area (Å²) in [5, 5.41) is 4.96. The highest BCUT2D eigenvalue weighted by atomic mass is 16.5. The summed E-state index contributed by atoms with van der Waals surface area (Å²) in [6.07, 6.45) is 4.40. The van der Waals surface area contributed by atoms with E-state index in [0.717, 1.165) is 5.56 Å². The van der Waals surface area contributed by atoms with E-state index in [1.807, 2.05) is 30.3 Å². The molecule has 6 nitrogen and oxygen atoms in total. The molecule has 1 aromatic carbocycles. The van der Waals surface area contributed by atoms with Crippen molar-refractivity contribution in [2.45, 2.75) is 20.8 Å². The van der Waals surface area contributed by atoms with Gasteiger partial charge in [0.05, 0.1) is 7.11 Å². The Balaban J connectivity index is 2.82. The van der Waals surface area contributed by atoms with Crippen LogP contribution in [-0.2, 0) is 19.1 Å². The molecular formula is C19H22N2O4. The van der Waals surface area contributed by atoms with Gasteiger partial charge in [-0.05, 0) is 38.0 Å². The molecule has 0 aliphatic rings. The van der Waals surface area contributed by atoms with Crippen LogP contribution >= 0.6 is 0 Å². The van der Waals surface area contributed by atoms with Gasteiger partial charge in [0, 0.05) is 6.08 Å². The van der Waals surface area contributed by atoms with Crippen LogP contribution in [0.2, 0.25) is 0 Å². The van der Waals surface area contributed by atoms with Crippen molar-refractivity contribution in [1.29, 1.82) is 0 Å². The molecule has 0 saturated heterocycles. The quantitative estimate of drug-likeness (QED) is 0.614. The van der Waals surface area contributed by atoms with Crippen molar-refractivity contribution in [1.82, 2.24) is 10.6 Å². The van der Waals surface area contributed by atoms with Gasteiger partial charge in [-0.15, -0.1) is 0 Å². The monoisotopic (exact) mass is 342 g/mol. The van der Waals surface area contributed by atoms with Crippen molar-refractivity contribution >= 4 is 23.9 Å². The summed E-state index contributed by atoms with van der Waals surface area (Å²) in [6, 6.07) is 9.30. The lowest BCUT2D eigenvalue weighted by Crippen LogP contribution is -2.36. The summed E-state index contributed by atoms with van der Waals surface area (Å²) in [5.74, 6) is -1.71. The predicted octanol–water partition coefficient (Wildman–Crippen LogP) is 2.30. The first kappa shape index (κ1) is 19.9. The van der Waals surface area contributed by atoms with Crippen LogP contribution in [0.25, 0.3) is 6.08 Å². The van der Waals surface area contributed by atoms with E-state index in [4.69, 9.17) is 0 Å². The van der Waals surface area contributed by atoms with Crippen LogP contribution in [0.4, 0.5) is 0 Å². The Hall–Kier alpha value is -3.15. The third-order valence-corrected chi connectivity index (χ3v) is 3.14. The molecule has 0 bridgehead atoms. The number of carbonyl (C=O) groups is 3. The van der Waals surface area contributed by atoms with Crippen molar-refractivity contribution in [3.63, 3.8) is 0 Å². The van der Waals surface area contributed by atoms with Gasteiger partial charge in [-0.25, -0.2) is 4.79 Å². The van der Waals surface area contributed by atoms with Gasteiger partial charge in [-0.2, -0.15) is 0 Å². The molecule has 0 aromatic heterocycles. The van der Waals surface area contributed by atoms with Crippen LogP contribution in [0, 0.1) is 0 Å². The molecule has 1 rings (SSSR count). The van der Waals surface area contributed by atoms with Gasteiger partial charge in [-0.1, -0.05) is 36.4 Å². The third-order valence-electron chi connectivity index (χ3n) is 3.14. The Morgan fingerprint density at radius 3 is 2.20 bits per heavy atom. The second-order valence-electron chi connectivity index (χ2n) is 5.26. The molecule has 6 heteroatoms. The minimum atomic E-state index is -0.667. The topological polar surface area (TPSA) is 84.5 Å². The number of esters is 1. The highest BCUT2D eigenvalue weighted by Crippen LogP contribution is 2.04. The summed E-state index contributed by atoms with van der Waals surface area (Å²) in [5.41, 5.74) is 1.54. The maximum absolute atomic E-state index is 12.3. The van der Waals surface area contributed by atoms with E-state index in [2.05, 4.69) is 15.4 Å². The molecule has 0 atom stereocenters. The summed E-state index contributed by atoms with van der Waals surface area (Å²) >= 11 is 0. The first-order valence-corrected chi connectivity index (χ1v) is 7.66. The van der Waals surface area contributed by atoms with Gasteiger partial charge in [-0.3, -0.25) is 9.59 Å². The minimum absolute atomic E-state index is 0.000302. The Morgan fingerprint density at radius 2 is 1.68 bits per heavy atom. The van der Waals surface area contributed by atoms with Crippen LogP contribution in [0.3, 0.4) is 0 Å². The third kappa shape index (κ3) is 6.47. The molecule has 1 aromatic rings. The van der Waals surface area contributed by atoms with Crippen molar-refractivity contribution in [3.8, 4) is 0 Å². The molecule has 2 N–H and O–H groups in total. The van der Waals surface area contributed by atoms with E-state index in [-0.39, 0.29) is 11.4 Å². The molecule has 2 amide bonds. The standard InChI is InChI=1S/C19H22N2O4/c1-5-15(19(24)25-4)20-18(23)17(13(2)3)21-16(22)12-11-14-9-7-6-8-10-14/h5-12H,1-4H3,(H,20,23)(H,21,22)/b12-11+,15-5-. The van der Waals surface area contributed by atoms with Crippen LogP contribution in [0.15, 0.2) is 59.5 Å². The lowest BCUT2D eigenvalue weighted by molar-refractivity contribution is -0.137. The van der Waals surface area contributed by atoms with Crippen molar-refractivity contribution in [2.75, 3.05) is 7.11 Å². The number of allylic oxidation sites excluding steroid dienone is 2. The second-order valence-corrected chi connectivity index (χ2v) is 5.26. The predicted molar refractivity (Wildman–Crippen MR) is 95.9 cm³/mol. The first-order valence-electron chi connectivity index (χ1n) is 7.66. The summed E-state index contributed by atoms with van der Waals surface area (Å²) in [4.78, 5) is 35.9. The molecule has 0 unspecified atom stereocenters. The number of hydrogen-bond acceptors (Lipinski definition) is 4. The Morgan fingerprint density at radius 1 is 1.04 bits per heavy atom. The zero-order chi connectivity index (χ0) is 18.8. The van der Waals surface area contributed by atoms with Gasteiger partial charge in [0.15, 0.2) is 0 Å². The number of methoxy groups -OCH3 is 1. The van der Waals surface area contributed by atoms with Gasteiger partial charge in [0.25, 0.3) is 5.91 Å². The van der Waals surface area contributed by atoms with Crippen LogP contribution in [0.5, 0.6) is 0 Å². The van der Waals surface area contributed by atoms with Gasteiger partial charge in [0.2, 0.25) is 5.91 Å². The van der Waals surface area contributed by atoms with Gasteiger partial charge >= 0.3 is 5.97 Å². The smallest absolute Gasteiger partial charge is 0.354 e. The average Bonchev–Trinajstić information content (AvgIpc) is 2.62. The fraction of sp³-hybridized carbons (Fsp3) is 0.211. The molecule has 0 spiro atoms. The molecule has 0 saturated carbocycles. The largest absolute Gasteiger partial charge is 0.464 e. The zero-order valence-electron chi connectivity index (χ0n) is 14.8. The highest BCUT2D eigenvalue weighted by molar-refractivity contribution is 6.04. The zero-order valence-corrected chi connectivity index (χ0v) is 14.8. The number of carbonyl (C=O) groups excluding carboxylic acids is 3. The second kappa shape index (κ2) is 9.87. The number of ether oxygens (including phenoxy) is 1. The van der Waals surface area contributed by atoms with E-state index in [9.17, 15) is 14.4 Å². The molecule has 0 fully saturated rings.